The average molecular weight is 296 g/mol. The average Bonchev–Trinajstić information content (AvgIpc) is 2.45. The highest BCUT2D eigenvalue weighted by molar-refractivity contribution is 6.33. The van der Waals surface area contributed by atoms with Crippen molar-refractivity contribution in [1.29, 1.82) is 0 Å². The second-order valence-electron chi connectivity index (χ2n) is 4.85. The largest absolute Gasteiger partial charge is 0.343 e. The summed E-state index contributed by atoms with van der Waals surface area (Å²) in [6.45, 7) is 3.15. The fourth-order valence-corrected chi connectivity index (χ4v) is 2.29. The molecule has 0 unspecified atom stereocenters. The Kier molecular flexibility index (Phi) is 4.98. The monoisotopic (exact) mass is 295 g/mol. The third-order valence-electron chi connectivity index (χ3n) is 3.37. The summed E-state index contributed by atoms with van der Waals surface area (Å²) in [7, 11) is 2.03. The van der Waals surface area contributed by atoms with Gasteiger partial charge in [-0.05, 0) is 19.2 Å². The zero-order valence-electron chi connectivity index (χ0n) is 11.4. The zero-order chi connectivity index (χ0) is 14.5. The van der Waals surface area contributed by atoms with Gasteiger partial charge in [0.1, 0.15) is 0 Å². The first-order valence-corrected chi connectivity index (χ1v) is 6.95. The molecular formula is C14H18ClN3O2. The van der Waals surface area contributed by atoms with Gasteiger partial charge in [-0.1, -0.05) is 23.7 Å². The normalized spacial score (nSPS) is 16.0. The van der Waals surface area contributed by atoms with Crippen LogP contribution in [0.1, 0.15) is 10.4 Å². The number of hydrogen-bond donors (Lipinski definition) is 1. The molecule has 1 heterocycles. The van der Waals surface area contributed by atoms with E-state index in [0.29, 0.717) is 23.7 Å². The van der Waals surface area contributed by atoms with Crippen molar-refractivity contribution in [2.75, 3.05) is 39.8 Å². The molecule has 1 fully saturated rings. The quantitative estimate of drug-likeness (QED) is 0.899. The first kappa shape index (κ1) is 14.8. The fourth-order valence-electron chi connectivity index (χ4n) is 2.06. The summed E-state index contributed by atoms with van der Waals surface area (Å²) in [5.41, 5.74) is 0.389. The van der Waals surface area contributed by atoms with Crippen LogP contribution in [0.3, 0.4) is 0 Å². The van der Waals surface area contributed by atoms with Gasteiger partial charge in [0.25, 0.3) is 5.91 Å². The number of halogens is 1. The van der Waals surface area contributed by atoms with E-state index in [0.717, 1.165) is 13.1 Å². The maximum atomic E-state index is 12.0. The molecule has 1 aliphatic rings. The van der Waals surface area contributed by atoms with Crippen LogP contribution >= 0.6 is 11.6 Å². The number of carbonyl (C=O) groups is 2. The van der Waals surface area contributed by atoms with Gasteiger partial charge < -0.3 is 15.1 Å². The number of rotatable bonds is 3. The molecule has 1 aromatic carbocycles. The van der Waals surface area contributed by atoms with Crippen molar-refractivity contribution < 1.29 is 9.59 Å². The Bertz CT molecular complexity index is 499. The summed E-state index contributed by atoms with van der Waals surface area (Å²) in [6, 6.07) is 6.79. The molecule has 1 N–H and O–H groups in total. The lowest BCUT2D eigenvalue weighted by Crippen LogP contribution is -2.50. The Morgan fingerprint density at radius 2 is 1.85 bits per heavy atom. The molecule has 5 nitrogen and oxygen atoms in total. The molecule has 0 aromatic heterocycles. The number of likely N-dealkylation sites (N-methyl/N-ethyl adjacent to an activating group) is 1. The molecule has 1 saturated heterocycles. The number of amides is 2. The maximum absolute atomic E-state index is 12.0. The molecule has 20 heavy (non-hydrogen) atoms. The standard InChI is InChI=1S/C14H18ClN3O2/c1-17-6-8-18(9-7-17)13(19)10-16-14(20)11-4-2-3-5-12(11)15/h2-5H,6-10H2,1H3,(H,16,20). The van der Waals surface area contributed by atoms with E-state index in [2.05, 4.69) is 10.2 Å². The van der Waals surface area contributed by atoms with Crippen LogP contribution < -0.4 is 5.32 Å². The van der Waals surface area contributed by atoms with Gasteiger partial charge in [0, 0.05) is 26.2 Å². The summed E-state index contributed by atoms with van der Waals surface area (Å²) >= 11 is 5.94. The van der Waals surface area contributed by atoms with E-state index in [-0.39, 0.29) is 18.4 Å². The summed E-state index contributed by atoms with van der Waals surface area (Å²) in [5.74, 6) is -0.378. The summed E-state index contributed by atoms with van der Waals surface area (Å²) < 4.78 is 0. The fraction of sp³-hybridized carbons (Fsp3) is 0.429. The van der Waals surface area contributed by atoms with E-state index < -0.39 is 0 Å². The van der Waals surface area contributed by atoms with E-state index >= 15 is 0 Å². The van der Waals surface area contributed by atoms with Gasteiger partial charge in [0.15, 0.2) is 0 Å². The number of benzene rings is 1. The Labute approximate surface area is 123 Å². The highest BCUT2D eigenvalue weighted by Crippen LogP contribution is 2.14. The lowest BCUT2D eigenvalue weighted by molar-refractivity contribution is -0.131. The second kappa shape index (κ2) is 6.72. The number of carbonyl (C=O) groups excluding carboxylic acids is 2. The van der Waals surface area contributed by atoms with Gasteiger partial charge in [-0.2, -0.15) is 0 Å². The molecular weight excluding hydrogens is 278 g/mol. The first-order valence-electron chi connectivity index (χ1n) is 6.57. The van der Waals surface area contributed by atoms with Crippen molar-refractivity contribution in [3.05, 3.63) is 34.9 Å². The first-order chi connectivity index (χ1) is 9.58. The van der Waals surface area contributed by atoms with Crippen molar-refractivity contribution in [3.63, 3.8) is 0 Å². The zero-order valence-corrected chi connectivity index (χ0v) is 12.2. The Morgan fingerprint density at radius 3 is 2.50 bits per heavy atom. The minimum absolute atomic E-state index is 0.00771. The highest BCUT2D eigenvalue weighted by Gasteiger charge is 2.19. The van der Waals surface area contributed by atoms with Gasteiger partial charge in [-0.25, -0.2) is 0 Å². The molecule has 1 aliphatic heterocycles. The van der Waals surface area contributed by atoms with Crippen molar-refractivity contribution >= 4 is 23.4 Å². The lowest BCUT2D eigenvalue weighted by atomic mass is 10.2. The molecule has 0 atom stereocenters. The Hall–Kier alpha value is -1.59. The molecule has 6 heteroatoms. The van der Waals surface area contributed by atoms with Crippen LogP contribution in [0.4, 0.5) is 0 Å². The smallest absolute Gasteiger partial charge is 0.253 e. The molecule has 1 aromatic rings. The third-order valence-corrected chi connectivity index (χ3v) is 3.70. The number of hydrogen-bond acceptors (Lipinski definition) is 3. The SMILES string of the molecule is CN1CCN(C(=O)CNC(=O)c2ccccc2Cl)CC1. The molecule has 0 spiro atoms. The number of piperazine rings is 1. The summed E-state index contributed by atoms with van der Waals surface area (Å²) in [4.78, 5) is 27.9. The van der Waals surface area contributed by atoms with Gasteiger partial charge >= 0.3 is 0 Å². The van der Waals surface area contributed by atoms with Gasteiger partial charge in [-0.15, -0.1) is 0 Å². The molecule has 2 rings (SSSR count). The molecule has 0 bridgehead atoms. The third kappa shape index (κ3) is 3.71. The maximum Gasteiger partial charge on any atom is 0.253 e. The molecule has 108 valence electrons. The van der Waals surface area contributed by atoms with Gasteiger partial charge in [0.2, 0.25) is 5.91 Å². The Morgan fingerprint density at radius 1 is 1.20 bits per heavy atom. The second-order valence-corrected chi connectivity index (χ2v) is 5.25. The van der Waals surface area contributed by atoms with Crippen LogP contribution in [0.2, 0.25) is 5.02 Å². The van der Waals surface area contributed by atoms with Crippen LogP contribution in [0.15, 0.2) is 24.3 Å². The van der Waals surface area contributed by atoms with Crippen LogP contribution in [-0.4, -0.2) is 61.4 Å². The van der Waals surface area contributed by atoms with Gasteiger partial charge in [0.05, 0.1) is 17.1 Å². The summed E-state index contributed by atoms with van der Waals surface area (Å²) in [6.07, 6.45) is 0. The van der Waals surface area contributed by atoms with E-state index in [9.17, 15) is 9.59 Å². The van der Waals surface area contributed by atoms with E-state index in [1.54, 1.807) is 29.2 Å². The topological polar surface area (TPSA) is 52.6 Å². The highest BCUT2D eigenvalue weighted by atomic mass is 35.5. The number of nitrogens with one attached hydrogen (secondary N) is 1. The Balaban J connectivity index is 1.84. The molecule has 2 amide bonds. The van der Waals surface area contributed by atoms with Crippen molar-refractivity contribution in [2.24, 2.45) is 0 Å². The van der Waals surface area contributed by atoms with Gasteiger partial charge in [-0.3, -0.25) is 9.59 Å². The van der Waals surface area contributed by atoms with Crippen LogP contribution in [0, 0.1) is 0 Å². The summed E-state index contributed by atoms with van der Waals surface area (Å²) in [5, 5.41) is 3.01. The minimum Gasteiger partial charge on any atom is -0.343 e. The molecule has 0 aliphatic carbocycles. The van der Waals surface area contributed by atoms with Crippen molar-refractivity contribution in [3.8, 4) is 0 Å². The van der Waals surface area contributed by atoms with Crippen molar-refractivity contribution in [1.82, 2.24) is 15.1 Å². The predicted molar refractivity (Wildman–Crippen MR) is 77.9 cm³/mol. The molecule has 0 radical (unpaired) electrons. The van der Waals surface area contributed by atoms with Crippen LogP contribution in [-0.2, 0) is 4.79 Å². The van der Waals surface area contributed by atoms with Crippen molar-refractivity contribution in [2.45, 2.75) is 0 Å². The van der Waals surface area contributed by atoms with Crippen LogP contribution in [0.25, 0.3) is 0 Å². The molecule has 0 saturated carbocycles. The van der Waals surface area contributed by atoms with E-state index in [1.165, 1.54) is 0 Å². The van der Waals surface area contributed by atoms with Crippen LogP contribution in [0.5, 0.6) is 0 Å². The van der Waals surface area contributed by atoms with E-state index in [1.807, 2.05) is 7.05 Å². The lowest BCUT2D eigenvalue weighted by Gasteiger charge is -2.32. The van der Waals surface area contributed by atoms with E-state index in [4.69, 9.17) is 11.6 Å². The number of nitrogens with zero attached hydrogens (tertiary/aromatic N) is 2. The minimum atomic E-state index is -0.321. The predicted octanol–water partition coefficient (Wildman–Crippen LogP) is 0.844.